The summed E-state index contributed by atoms with van der Waals surface area (Å²) in [4.78, 5) is 0. The van der Waals surface area contributed by atoms with Gasteiger partial charge in [-0.1, -0.05) is 13.8 Å². The lowest BCUT2D eigenvalue weighted by atomic mass is 9.88. The summed E-state index contributed by atoms with van der Waals surface area (Å²) in [7, 11) is 3.31. The maximum absolute atomic E-state index is 5.59. The molecule has 0 amide bonds. The Morgan fingerprint density at radius 2 is 1.75 bits per heavy atom. The van der Waals surface area contributed by atoms with Crippen molar-refractivity contribution >= 4 is 0 Å². The molecule has 0 aromatic rings. The molecule has 0 radical (unpaired) electrons. The minimum Gasteiger partial charge on any atom is -0.356 e. The van der Waals surface area contributed by atoms with Crippen molar-refractivity contribution in [1.82, 2.24) is 0 Å². The van der Waals surface area contributed by atoms with Gasteiger partial charge in [0.1, 0.15) is 0 Å². The molecule has 3 heteroatoms. The molecule has 0 aromatic carbocycles. The zero-order valence-corrected chi connectivity index (χ0v) is 8.59. The molecule has 0 atom stereocenters. The first kappa shape index (κ1) is 11.9. The quantitative estimate of drug-likeness (QED) is 0.620. The zero-order chi connectivity index (χ0) is 9.61. The average Bonchev–Trinajstić information content (AvgIpc) is 2.06. The number of hydrogen-bond donors (Lipinski definition) is 1. The molecule has 0 aliphatic heterocycles. The summed E-state index contributed by atoms with van der Waals surface area (Å²) in [5.41, 5.74) is 5.78. The van der Waals surface area contributed by atoms with Crippen LogP contribution >= 0.6 is 0 Å². The van der Waals surface area contributed by atoms with Crippen LogP contribution in [0.4, 0.5) is 0 Å². The first-order valence-electron chi connectivity index (χ1n) is 4.31. The molecule has 74 valence electrons. The topological polar surface area (TPSA) is 44.5 Å². The first-order valence-corrected chi connectivity index (χ1v) is 4.31. The lowest BCUT2D eigenvalue weighted by Crippen LogP contribution is -2.26. The van der Waals surface area contributed by atoms with E-state index < -0.39 is 0 Å². The normalized spacial score (nSPS) is 12.5. The Morgan fingerprint density at radius 1 is 1.25 bits per heavy atom. The summed E-state index contributed by atoms with van der Waals surface area (Å²) in [5, 5.41) is 0. The van der Waals surface area contributed by atoms with Gasteiger partial charge in [0, 0.05) is 14.2 Å². The third kappa shape index (κ3) is 4.70. The molecule has 0 rings (SSSR count). The Labute approximate surface area is 75.2 Å². The molecule has 0 heterocycles. The SMILES string of the molecule is COC(CCC(C)(C)CN)OC. The van der Waals surface area contributed by atoms with Crippen molar-refractivity contribution in [2.75, 3.05) is 20.8 Å². The molecule has 2 N–H and O–H groups in total. The molecule has 0 aliphatic carbocycles. The van der Waals surface area contributed by atoms with Gasteiger partial charge in [0.05, 0.1) is 0 Å². The van der Waals surface area contributed by atoms with Crippen LogP contribution in [0.1, 0.15) is 26.7 Å². The van der Waals surface area contributed by atoms with Crippen LogP contribution in [0.5, 0.6) is 0 Å². The molecular weight excluding hydrogens is 154 g/mol. The largest absolute Gasteiger partial charge is 0.356 e. The van der Waals surface area contributed by atoms with E-state index in [0.717, 1.165) is 12.8 Å². The van der Waals surface area contributed by atoms with E-state index in [9.17, 15) is 0 Å². The fourth-order valence-electron chi connectivity index (χ4n) is 0.943. The second-order valence-corrected chi connectivity index (χ2v) is 3.81. The molecule has 0 aliphatic rings. The lowest BCUT2D eigenvalue weighted by molar-refractivity contribution is -0.110. The average molecular weight is 175 g/mol. The van der Waals surface area contributed by atoms with Crippen LogP contribution in [-0.4, -0.2) is 27.1 Å². The zero-order valence-electron chi connectivity index (χ0n) is 8.59. The van der Waals surface area contributed by atoms with Crippen molar-refractivity contribution in [1.29, 1.82) is 0 Å². The second kappa shape index (κ2) is 5.51. The molecule has 0 spiro atoms. The Bertz CT molecular complexity index is 111. The van der Waals surface area contributed by atoms with Crippen LogP contribution in [0, 0.1) is 5.41 Å². The Balaban J connectivity index is 3.65. The van der Waals surface area contributed by atoms with Gasteiger partial charge in [0.2, 0.25) is 0 Å². The van der Waals surface area contributed by atoms with Crippen molar-refractivity contribution in [3.63, 3.8) is 0 Å². The van der Waals surface area contributed by atoms with E-state index in [2.05, 4.69) is 13.8 Å². The van der Waals surface area contributed by atoms with Crippen molar-refractivity contribution < 1.29 is 9.47 Å². The highest BCUT2D eigenvalue weighted by molar-refractivity contribution is 4.69. The summed E-state index contributed by atoms with van der Waals surface area (Å²) in [6.07, 6.45) is 1.84. The second-order valence-electron chi connectivity index (χ2n) is 3.81. The summed E-state index contributed by atoms with van der Waals surface area (Å²) < 4.78 is 10.2. The Kier molecular flexibility index (Phi) is 5.46. The minimum atomic E-state index is -0.0872. The number of hydrogen-bond acceptors (Lipinski definition) is 3. The van der Waals surface area contributed by atoms with Gasteiger partial charge in [0.25, 0.3) is 0 Å². The van der Waals surface area contributed by atoms with Crippen molar-refractivity contribution in [2.24, 2.45) is 11.1 Å². The fourth-order valence-corrected chi connectivity index (χ4v) is 0.943. The maximum atomic E-state index is 5.59. The number of nitrogens with two attached hydrogens (primary N) is 1. The predicted molar refractivity (Wildman–Crippen MR) is 49.9 cm³/mol. The standard InChI is InChI=1S/C9H21NO2/c1-9(2,7-10)6-5-8(11-3)12-4/h8H,5-7,10H2,1-4H3. The molecule has 0 fully saturated rings. The van der Waals surface area contributed by atoms with Crippen LogP contribution in [0.2, 0.25) is 0 Å². The maximum Gasteiger partial charge on any atom is 0.156 e. The smallest absolute Gasteiger partial charge is 0.156 e. The molecule has 0 saturated carbocycles. The van der Waals surface area contributed by atoms with Crippen LogP contribution in [0.25, 0.3) is 0 Å². The minimum absolute atomic E-state index is 0.0872. The van der Waals surface area contributed by atoms with Gasteiger partial charge in [-0.15, -0.1) is 0 Å². The van der Waals surface area contributed by atoms with E-state index in [1.165, 1.54) is 0 Å². The van der Waals surface area contributed by atoms with E-state index in [-0.39, 0.29) is 11.7 Å². The van der Waals surface area contributed by atoms with E-state index in [1.54, 1.807) is 14.2 Å². The Morgan fingerprint density at radius 3 is 2.08 bits per heavy atom. The fraction of sp³-hybridized carbons (Fsp3) is 1.00. The van der Waals surface area contributed by atoms with Crippen LogP contribution in [-0.2, 0) is 9.47 Å². The van der Waals surface area contributed by atoms with E-state index >= 15 is 0 Å². The third-order valence-electron chi connectivity index (χ3n) is 2.14. The Hall–Kier alpha value is -0.120. The summed E-state index contributed by atoms with van der Waals surface area (Å²) in [6, 6.07) is 0. The van der Waals surface area contributed by atoms with E-state index in [4.69, 9.17) is 15.2 Å². The first-order chi connectivity index (χ1) is 5.55. The molecule has 12 heavy (non-hydrogen) atoms. The van der Waals surface area contributed by atoms with E-state index in [1.807, 2.05) is 0 Å². The molecule has 0 bridgehead atoms. The lowest BCUT2D eigenvalue weighted by Gasteiger charge is -2.24. The van der Waals surface area contributed by atoms with Gasteiger partial charge in [-0.25, -0.2) is 0 Å². The highest BCUT2D eigenvalue weighted by Gasteiger charge is 2.17. The molecule has 0 aromatic heterocycles. The van der Waals surface area contributed by atoms with Crippen molar-refractivity contribution in [2.45, 2.75) is 33.0 Å². The van der Waals surface area contributed by atoms with Crippen LogP contribution in [0.3, 0.4) is 0 Å². The van der Waals surface area contributed by atoms with Gasteiger partial charge in [-0.2, -0.15) is 0 Å². The monoisotopic (exact) mass is 175 g/mol. The van der Waals surface area contributed by atoms with Gasteiger partial charge < -0.3 is 15.2 Å². The van der Waals surface area contributed by atoms with Gasteiger partial charge in [0.15, 0.2) is 6.29 Å². The third-order valence-corrected chi connectivity index (χ3v) is 2.14. The van der Waals surface area contributed by atoms with Gasteiger partial charge in [-0.3, -0.25) is 0 Å². The number of rotatable bonds is 6. The summed E-state index contributed by atoms with van der Waals surface area (Å²) >= 11 is 0. The van der Waals surface area contributed by atoms with Crippen LogP contribution < -0.4 is 5.73 Å². The molecule has 0 unspecified atom stereocenters. The number of ether oxygens (including phenoxy) is 2. The van der Waals surface area contributed by atoms with Crippen molar-refractivity contribution in [3.8, 4) is 0 Å². The molecule has 3 nitrogen and oxygen atoms in total. The highest BCUT2D eigenvalue weighted by atomic mass is 16.7. The molecular formula is C9H21NO2. The molecule has 0 saturated heterocycles. The van der Waals surface area contributed by atoms with Crippen molar-refractivity contribution in [3.05, 3.63) is 0 Å². The number of methoxy groups -OCH3 is 2. The highest BCUT2D eigenvalue weighted by Crippen LogP contribution is 2.21. The summed E-state index contributed by atoms with van der Waals surface area (Å²) in [5.74, 6) is 0. The van der Waals surface area contributed by atoms with Crippen LogP contribution in [0.15, 0.2) is 0 Å². The van der Waals surface area contributed by atoms with Gasteiger partial charge >= 0.3 is 0 Å². The predicted octanol–water partition coefficient (Wildman–Crippen LogP) is 1.37. The summed E-state index contributed by atoms with van der Waals surface area (Å²) in [6.45, 7) is 5.00. The van der Waals surface area contributed by atoms with E-state index in [0.29, 0.717) is 6.54 Å². The van der Waals surface area contributed by atoms with Gasteiger partial charge in [-0.05, 0) is 24.8 Å².